The summed E-state index contributed by atoms with van der Waals surface area (Å²) < 4.78 is 0. The van der Waals surface area contributed by atoms with Crippen molar-refractivity contribution >= 4 is 35.0 Å². The van der Waals surface area contributed by atoms with E-state index in [4.69, 9.17) is 23.2 Å². The molecule has 4 nitrogen and oxygen atoms in total. The number of hydrogen-bond donors (Lipinski definition) is 1. The van der Waals surface area contributed by atoms with E-state index in [1.165, 1.54) is 0 Å². The van der Waals surface area contributed by atoms with Crippen LogP contribution in [0.25, 0.3) is 0 Å². The van der Waals surface area contributed by atoms with Crippen LogP contribution < -0.4 is 5.32 Å². The van der Waals surface area contributed by atoms with Gasteiger partial charge in [0.25, 0.3) is 0 Å². The number of halogens is 2. The molecule has 0 aliphatic carbocycles. The van der Waals surface area contributed by atoms with Crippen LogP contribution in [0.1, 0.15) is 43.9 Å². The molecule has 0 aromatic heterocycles. The van der Waals surface area contributed by atoms with Crippen molar-refractivity contribution in [1.82, 2.24) is 10.2 Å². The Morgan fingerprint density at radius 2 is 1.62 bits per heavy atom. The Bertz CT molecular complexity index is 832. The van der Waals surface area contributed by atoms with Gasteiger partial charge in [0.15, 0.2) is 0 Å². The van der Waals surface area contributed by atoms with Gasteiger partial charge in [-0.25, -0.2) is 0 Å². The van der Waals surface area contributed by atoms with Crippen LogP contribution >= 0.6 is 23.2 Å². The van der Waals surface area contributed by atoms with Crippen molar-refractivity contribution in [2.24, 2.45) is 0 Å². The third-order valence-corrected chi connectivity index (χ3v) is 5.74. The van der Waals surface area contributed by atoms with Crippen LogP contribution in [-0.2, 0) is 22.6 Å². The van der Waals surface area contributed by atoms with Crippen molar-refractivity contribution < 1.29 is 9.59 Å². The van der Waals surface area contributed by atoms with E-state index < -0.39 is 6.04 Å². The molecule has 2 aromatic carbocycles. The highest BCUT2D eigenvalue weighted by Crippen LogP contribution is 2.27. The van der Waals surface area contributed by atoms with Gasteiger partial charge in [0.1, 0.15) is 6.04 Å². The minimum absolute atomic E-state index is 0.0305. The second-order valence-corrected chi connectivity index (χ2v) is 8.19. The van der Waals surface area contributed by atoms with Gasteiger partial charge in [-0.15, -0.1) is 0 Å². The molecule has 29 heavy (non-hydrogen) atoms. The van der Waals surface area contributed by atoms with Gasteiger partial charge < -0.3 is 10.2 Å². The normalized spacial score (nSPS) is 12.9. The van der Waals surface area contributed by atoms with E-state index >= 15 is 0 Å². The SMILES string of the molecule is CC[C@H](C)NC(=O)[C@@H](C)N(Cc1c(Cl)cccc1Cl)C(=O)Cc1ccc(C)cc1. The number of carbonyl (C=O) groups excluding carboxylic acids is 2. The zero-order valence-corrected chi connectivity index (χ0v) is 18.8. The highest BCUT2D eigenvalue weighted by Gasteiger charge is 2.28. The lowest BCUT2D eigenvalue weighted by Gasteiger charge is -2.30. The highest BCUT2D eigenvalue weighted by molar-refractivity contribution is 6.36. The first-order valence-electron chi connectivity index (χ1n) is 9.81. The fourth-order valence-electron chi connectivity index (χ4n) is 2.88. The Morgan fingerprint density at radius 1 is 1.03 bits per heavy atom. The summed E-state index contributed by atoms with van der Waals surface area (Å²) in [5, 5.41) is 3.90. The first kappa shape index (κ1) is 23.2. The molecule has 0 bridgehead atoms. The van der Waals surface area contributed by atoms with Gasteiger partial charge in [-0.1, -0.05) is 66.0 Å². The third-order valence-electron chi connectivity index (χ3n) is 5.03. The van der Waals surface area contributed by atoms with E-state index in [0.717, 1.165) is 17.5 Å². The molecule has 0 saturated carbocycles. The molecule has 2 atom stereocenters. The maximum Gasteiger partial charge on any atom is 0.242 e. The summed E-state index contributed by atoms with van der Waals surface area (Å²) >= 11 is 12.6. The fraction of sp³-hybridized carbons (Fsp3) is 0.391. The maximum atomic E-state index is 13.2. The maximum absolute atomic E-state index is 13.2. The van der Waals surface area contributed by atoms with Crippen LogP contribution in [0.4, 0.5) is 0 Å². The third kappa shape index (κ3) is 6.48. The molecule has 0 aliphatic rings. The van der Waals surface area contributed by atoms with E-state index in [1.54, 1.807) is 30.0 Å². The molecule has 2 aromatic rings. The number of rotatable bonds is 8. The molecule has 0 radical (unpaired) electrons. The summed E-state index contributed by atoms with van der Waals surface area (Å²) in [6.45, 7) is 7.83. The molecular formula is C23H28Cl2N2O2. The van der Waals surface area contributed by atoms with Crippen LogP contribution in [0.15, 0.2) is 42.5 Å². The predicted octanol–water partition coefficient (Wildman–Crippen LogP) is 5.18. The number of aryl methyl sites for hydroxylation is 1. The van der Waals surface area contributed by atoms with E-state index in [1.807, 2.05) is 45.0 Å². The molecule has 1 N–H and O–H groups in total. The van der Waals surface area contributed by atoms with E-state index in [2.05, 4.69) is 5.32 Å². The van der Waals surface area contributed by atoms with Crippen molar-refractivity contribution in [1.29, 1.82) is 0 Å². The minimum atomic E-state index is -0.658. The van der Waals surface area contributed by atoms with Crippen molar-refractivity contribution in [2.45, 2.75) is 59.2 Å². The second-order valence-electron chi connectivity index (χ2n) is 7.38. The lowest BCUT2D eigenvalue weighted by molar-refractivity contribution is -0.140. The van der Waals surface area contributed by atoms with Crippen LogP contribution in [-0.4, -0.2) is 28.8 Å². The van der Waals surface area contributed by atoms with Gasteiger partial charge in [-0.3, -0.25) is 9.59 Å². The van der Waals surface area contributed by atoms with Gasteiger partial charge >= 0.3 is 0 Å². The summed E-state index contributed by atoms with van der Waals surface area (Å²) in [4.78, 5) is 27.5. The molecule has 2 amide bonds. The van der Waals surface area contributed by atoms with Crippen molar-refractivity contribution in [3.05, 3.63) is 69.2 Å². The van der Waals surface area contributed by atoms with Gasteiger partial charge in [0.2, 0.25) is 11.8 Å². The lowest BCUT2D eigenvalue weighted by atomic mass is 10.1. The zero-order chi connectivity index (χ0) is 21.6. The first-order chi connectivity index (χ1) is 13.7. The monoisotopic (exact) mass is 434 g/mol. The highest BCUT2D eigenvalue weighted by atomic mass is 35.5. The van der Waals surface area contributed by atoms with Crippen LogP contribution in [0, 0.1) is 6.92 Å². The Balaban J connectivity index is 2.29. The van der Waals surface area contributed by atoms with Gasteiger partial charge in [-0.2, -0.15) is 0 Å². The standard InChI is InChI=1S/C23H28Cl2N2O2/c1-5-16(3)26-23(29)17(4)27(14-19-20(24)7-6-8-21(19)25)22(28)13-18-11-9-15(2)10-12-18/h6-12,16-17H,5,13-14H2,1-4H3,(H,26,29)/t16-,17+/m0/s1. The summed E-state index contributed by atoms with van der Waals surface area (Å²) in [7, 11) is 0. The largest absolute Gasteiger partial charge is 0.352 e. The number of benzene rings is 2. The summed E-state index contributed by atoms with van der Waals surface area (Å²) in [5.74, 6) is -0.351. The van der Waals surface area contributed by atoms with Gasteiger partial charge in [0, 0.05) is 28.2 Å². The molecule has 0 fully saturated rings. The molecule has 0 heterocycles. The topological polar surface area (TPSA) is 49.4 Å². The van der Waals surface area contributed by atoms with E-state index in [-0.39, 0.29) is 30.8 Å². The molecule has 2 rings (SSSR count). The fourth-order valence-corrected chi connectivity index (χ4v) is 3.40. The van der Waals surface area contributed by atoms with Gasteiger partial charge in [-0.05, 0) is 44.9 Å². The summed E-state index contributed by atoms with van der Waals surface area (Å²) in [5.41, 5.74) is 2.66. The summed E-state index contributed by atoms with van der Waals surface area (Å²) in [6.07, 6.45) is 1.01. The van der Waals surface area contributed by atoms with E-state index in [0.29, 0.717) is 15.6 Å². The smallest absolute Gasteiger partial charge is 0.242 e. The summed E-state index contributed by atoms with van der Waals surface area (Å²) in [6, 6.07) is 12.4. The number of carbonyl (C=O) groups is 2. The molecule has 0 aliphatic heterocycles. The first-order valence-corrected chi connectivity index (χ1v) is 10.6. The zero-order valence-electron chi connectivity index (χ0n) is 17.3. The van der Waals surface area contributed by atoms with E-state index in [9.17, 15) is 9.59 Å². The minimum Gasteiger partial charge on any atom is -0.352 e. The molecule has 156 valence electrons. The van der Waals surface area contributed by atoms with Crippen LogP contribution in [0.3, 0.4) is 0 Å². The number of hydrogen-bond acceptors (Lipinski definition) is 2. The molecule has 0 spiro atoms. The average molecular weight is 435 g/mol. The molecule has 6 heteroatoms. The van der Waals surface area contributed by atoms with Crippen molar-refractivity contribution in [3.8, 4) is 0 Å². The Hall–Kier alpha value is -2.04. The second kappa shape index (κ2) is 10.7. The van der Waals surface area contributed by atoms with Crippen molar-refractivity contribution in [3.63, 3.8) is 0 Å². The number of nitrogens with zero attached hydrogens (tertiary/aromatic N) is 1. The average Bonchev–Trinajstić information content (AvgIpc) is 2.68. The van der Waals surface area contributed by atoms with Gasteiger partial charge in [0.05, 0.1) is 6.42 Å². The molecule has 0 saturated heterocycles. The molecular weight excluding hydrogens is 407 g/mol. The predicted molar refractivity (Wildman–Crippen MR) is 119 cm³/mol. The Morgan fingerprint density at radius 3 is 2.17 bits per heavy atom. The number of amides is 2. The molecule has 0 unspecified atom stereocenters. The van der Waals surface area contributed by atoms with Crippen molar-refractivity contribution in [2.75, 3.05) is 0 Å². The number of nitrogens with one attached hydrogen (secondary N) is 1. The van der Waals surface area contributed by atoms with Crippen LogP contribution in [0.2, 0.25) is 10.0 Å². The Kier molecular flexibility index (Phi) is 8.54. The Labute approximate surface area is 183 Å². The van der Waals surface area contributed by atoms with Crippen LogP contribution in [0.5, 0.6) is 0 Å². The lowest BCUT2D eigenvalue weighted by Crippen LogP contribution is -2.50. The quantitative estimate of drug-likeness (QED) is 0.622.